The highest BCUT2D eigenvalue weighted by atomic mass is 16.5. The van der Waals surface area contributed by atoms with Crippen LogP contribution < -0.4 is 10.5 Å². The molecule has 0 aliphatic rings. The summed E-state index contributed by atoms with van der Waals surface area (Å²) in [7, 11) is 0. The minimum absolute atomic E-state index is 0.819. The van der Waals surface area contributed by atoms with Crippen LogP contribution in [-0.4, -0.2) is 6.61 Å². The highest BCUT2D eigenvalue weighted by Crippen LogP contribution is 2.19. The first-order chi connectivity index (χ1) is 10.2. The minimum Gasteiger partial charge on any atom is -0.494 e. The first kappa shape index (κ1) is 17.9. The fourth-order valence-electron chi connectivity index (χ4n) is 2.52. The van der Waals surface area contributed by atoms with Gasteiger partial charge in [0.1, 0.15) is 5.75 Å². The molecule has 2 N–H and O–H groups in total. The summed E-state index contributed by atoms with van der Waals surface area (Å²) in [6, 6.07) is 5.90. The molecule has 0 unspecified atom stereocenters. The molecule has 1 aromatic carbocycles. The molecule has 0 saturated heterocycles. The van der Waals surface area contributed by atoms with Gasteiger partial charge in [-0.05, 0) is 37.1 Å². The summed E-state index contributed by atoms with van der Waals surface area (Å²) in [6.45, 7) is 5.11. The molecule has 0 radical (unpaired) electrons. The second-order valence-electron chi connectivity index (χ2n) is 6.05. The molecule has 0 bridgehead atoms. The summed E-state index contributed by atoms with van der Waals surface area (Å²) >= 11 is 0. The van der Waals surface area contributed by atoms with Crippen LogP contribution in [0.5, 0.6) is 5.75 Å². The number of hydrogen-bond acceptors (Lipinski definition) is 2. The fourth-order valence-corrected chi connectivity index (χ4v) is 2.52. The second-order valence-corrected chi connectivity index (χ2v) is 6.05. The lowest BCUT2D eigenvalue weighted by Gasteiger charge is -2.08. The summed E-state index contributed by atoms with van der Waals surface area (Å²) in [5.74, 6) is 0.942. The lowest BCUT2D eigenvalue weighted by Crippen LogP contribution is -1.98. The van der Waals surface area contributed by atoms with E-state index in [9.17, 15) is 0 Å². The third-order valence-corrected chi connectivity index (χ3v) is 4.01. The van der Waals surface area contributed by atoms with Crippen LogP contribution in [0.3, 0.4) is 0 Å². The molecule has 1 aromatic rings. The van der Waals surface area contributed by atoms with Crippen molar-refractivity contribution in [1.29, 1.82) is 0 Å². The predicted octanol–water partition coefficient (Wildman–Crippen LogP) is 5.88. The van der Waals surface area contributed by atoms with E-state index in [4.69, 9.17) is 10.5 Å². The van der Waals surface area contributed by atoms with Gasteiger partial charge in [-0.1, -0.05) is 64.7 Å². The minimum atomic E-state index is 0.819. The average Bonchev–Trinajstić information content (AvgIpc) is 2.48. The molecule has 0 aliphatic heterocycles. The molecule has 2 nitrogen and oxygen atoms in total. The van der Waals surface area contributed by atoms with E-state index >= 15 is 0 Å². The maximum atomic E-state index is 5.79. The second kappa shape index (κ2) is 11.5. The summed E-state index contributed by atoms with van der Waals surface area (Å²) in [5.41, 5.74) is 7.72. The van der Waals surface area contributed by atoms with Gasteiger partial charge in [-0.25, -0.2) is 0 Å². The Morgan fingerprint density at radius 3 is 2.00 bits per heavy atom. The van der Waals surface area contributed by atoms with Crippen molar-refractivity contribution in [3.05, 3.63) is 23.8 Å². The summed E-state index contributed by atoms with van der Waals surface area (Å²) in [4.78, 5) is 0. The number of ether oxygens (including phenoxy) is 1. The van der Waals surface area contributed by atoms with Crippen LogP contribution in [0.4, 0.5) is 5.69 Å². The van der Waals surface area contributed by atoms with Crippen LogP contribution in [0, 0.1) is 6.92 Å². The molecule has 0 heterocycles. The Morgan fingerprint density at radius 1 is 0.857 bits per heavy atom. The molecular formula is C19H33NO. The van der Waals surface area contributed by atoms with E-state index in [-0.39, 0.29) is 0 Å². The van der Waals surface area contributed by atoms with Crippen LogP contribution in [-0.2, 0) is 0 Å². The lowest BCUT2D eigenvalue weighted by molar-refractivity contribution is 0.304. The first-order valence-electron chi connectivity index (χ1n) is 8.73. The number of hydrogen-bond donors (Lipinski definition) is 1. The van der Waals surface area contributed by atoms with Crippen molar-refractivity contribution in [3.63, 3.8) is 0 Å². The number of anilines is 1. The fraction of sp³-hybridized carbons (Fsp3) is 0.684. The number of benzene rings is 1. The zero-order valence-corrected chi connectivity index (χ0v) is 14.0. The van der Waals surface area contributed by atoms with Crippen LogP contribution in [0.25, 0.3) is 0 Å². The Morgan fingerprint density at radius 2 is 1.43 bits per heavy atom. The summed E-state index contributed by atoms with van der Waals surface area (Å²) in [5, 5.41) is 0. The van der Waals surface area contributed by atoms with Gasteiger partial charge < -0.3 is 10.5 Å². The summed E-state index contributed by atoms with van der Waals surface area (Å²) in [6.07, 6.45) is 13.6. The summed E-state index contributed by atoms with van der Waals surface area (Å²) < 4.78 is 5.76. The Hall–Kier alpha value is -1.18. The third kappa shape index (κ3) is 8.64. The van der Waals surface area contributed by atoms with Gasteiger partial charge in [0.25, 0.3) is 0 Å². The van der Waals surface area contributed by atoms with Gasteiger partial charge in [-0.15, -0.1) is 0 Å². The maximum Gasteiger partial charge on any atom is 0.119 e. The Balaban J connectivity index is 1.91. The van der Waals surface area contributed by atoms with Crippen molar-refractivity contribution in [1.82, 2.24) is 0 Å². The molecule has 0 atom stereocenters. The molecule has 1 rings (SSSR count). The molecule has 0 saturated carbocycles. The molecular weight excluding hydrogens is 258 g/mol. The highest BCUT2D eigenvalue weighted by molar-refractivity contribution is 5.49. The molecule has 2 heteroatoms. The molecule has 21 heavy (non-hydrogen) atoms. The lowest BCUT2D eigenvalue weighted by atomic mass is 10.1. The SMILES string of the molecule is CCCCCCCCCCCCOc1ccc(N)c(C)c1. The van der Waals surface area contributed by atoms with Crippen LogP contribution >= 0.6 is 0 Å². The monoisotopic (exact) mass is 291 g/mol. The molecule has 0 spiro atoms. The molecule has 0 amide bonds. The Labute approximate surface area is 131 Å². The van der Waals surface area contributed by atoms with E-state index < -0.39 is 0 Å². The van der Waals surface area contributed by atoms with E-state index in [0.717, 1.165) is 30.0 Å². The van der Waals surface area contributed by atoms with Gasteiger partial charge in [0, 0.05) is 5.69 Å². The van der Waals surface area contributed by atoms with Gasteiger partial charge >= 0.3 is 0 Å². The molecule has 0 aliphatic carbocycles. The standard InChI is InChI=1S/C19H33NO/c1-3-4-5-6-7-8-9-10-11-12-15-21-18-13-14-19(20)17(2)16-18/h13-14,16H,3-12,15,20H2,1-2H3. The smallest absolute Gasteiger partial charge is 0.119 e. The van der Waals surface area contributed by atoms with Crippen molar-refractivity contribution in [2.24, 2.45) is 0 Å². The normalized spacial score (nSPS) is 10.8. The average molecular weight is 291 g/mol. The zero-order valence-electron chi connectivity index (χ0n) is 14.0. The van der Waals surface area contributed by atoms with Gasteiger partial charge in [-0.2, -0.15) is 0 Å². The van der Waals surface area contributed by atoms with Crippen molar-refractivity contribution in [2.45, 2.75) is 78.1 Å². The van der Waals surface area contributed by atoms with Crippen molar-refractivity contribution < 1.29 is 4.74 Å². The zero-order chi connectivity index (χ0) is 15.3. The van der Waals surface area contributed by atoms with E-state index in [1.165, 1.54) is 57.8 Å². The van der Waals surface area contributed by atoms with Gasteiger partial charge in [0.2, 0.25) is 0 Å². The van der Waals surface area contributed by atoms with E-state index in [1.54, 1.807) is 0 Å². The Bertz CT molecular complexity index is 376. The number of rotatable bonds is 12. The number of aryl methyl sites for hydroxylation is 1. The quantitative estimate of drug-likeness (QED) is 0.385. The van der Waals surface area contributed by atoms with E-state index in [0.29, 0.717) is 0 Å². The van der Waals surface area contributed by atoms with Gasteiger partial charge in [0.05, 0.1) is 6.61 Å². The first-order valence-corrected chi connectivity index (χ1v) is 8.73. The molecule has 0 fully saturated rings. The predicted molar refractivity (Wildman–Crippen MR) is 92.9 cm³/mol. The van der Waals surface area contributed by atoms with Crippen molar-refractivity contribution >= 4 is 5.69 Å². The van der Waals surface area contributed by atoms with Crippen molar-refractivity contribution in [3.8, 4) is 5.75 Å². The van der Waals surface area contributed by atoms with Crippen LogP contribution in [0.1, 0.15) is 76.7 Å². The third-order valence-electron chi connectivity index (χ3n) is 4.01. The Kier molecular flexibility index (Phi) is 9.77. The van der Waals surface area contributed by atoms with Crippen molar-refractivity contribution in [2.75, 3.05) is 12.3 Å². The van der Waals surface area contributed by atoms with Crippen LogP contribution in [0.2, 0.25) is 0 Å². The largest absolute Gasteiger partial charge is 0.494 e. The van der Waals surface area contributed by atoms with Crippen LogP contribution in [0.15, 0.2) is 18.2 Å². The van der Waals surface area contributed by atoms with E-state index in [1.807, 2.05) is 25.1 Å². The van der Waals surface area contributed by atoms with E-state index in [2.05, 4.69) is 6.92 Å². The number of nitrogen functional groups attached to an aromatic ring is 1. The number of unbranched alkanes of at least 4 members (excludes halogenated alkanes) is 9. The van der Waals surface area contributed by atoms with Gasteiger partial charge in [0.15, 0.2) is 0 Å². The number of nitrogens with two attached hydrogens (primary N) is 1. The van der Waals surface area contributed by atoms with Gasteiger partial charge in [-0.3, -0.25) is 0 Å². The maximum absolute atomic E-state index is 5.79. The highest BCUT2D eigenvalue weighted by Gasteiger charge is 1.98. The molecule has 0 aromatic heterocycles. The topological polar surface area (TPSA) is 35.2 Å². The molecule has 120 valence electrons.